The van der Waals surface area contributed by atoms with E-state index in [1.807, 2.05) is 30.3 Å². The van der Waals surface area contributed by atoms with Gasteiger partial charge in [-0.05, 0) is 22.8 Å². The number of benzene rings is 2. The molecule has 8 heteroatoms. The van der Waals surface area contributed by atoms with Crippen LogP contribution in [0.3, 0.4) is 0 Å². The lowest BCUT2D eigenvalue weighted by atomic mass is 10.1. The van der Waals surface area contributed by atoms with Gasteiger partial charge in [-0.1, -0.05) is 54.6 Å². The summed E-state index contributed by atoms with van der Waals surface area (Å²) in [6.07, 6.45) is -4.34. The van der Waals surface area contributed by atoms with Gasteiger partial charge >= 0.3 is 6.18 Å². The number of H-pyrrole nitrogens is 1. The Hall–Kier alpha value is -3.13. The lowest BCUT2D eigenvalue weighted by molar-refractivity contribution is -0.176. The molecule has 5 nitrogen and oxygen atoms in total. The average molecular weight is 389 g/mol. The number of carbonyl (C=O) groups is 1. The highest BCUT2D eigenvalue weighted by Gasteiger charge is 2.27. The van der Waals surface area contributed by atoms with Crippen LogP contribution < -0.4 is 5.32 Å². The summed E-state index contributed by atoms with van der Waals surface area (Å²) in [4.78, 5) is 12.2. The number of aromatic amines is 1. The molecule has 0 aliphatic heterocycles. The van der Waals surface area contributed by atoms with Crippen LogP contribution in [0, 0.1) is 0 Å². The van der Waals surface area contributed by atoms with Gasteiger partial charge in [0.1, 0.15) is 6.61 Å². The average Bonchev–Trinajstić information content (AvgIpc) is 3.17. The van der Waals surface area contributed by atoms with Gasteiger partial charge in [0, 0.05) is 6.54 Å². The molecular formula is C20H18F3N3O2. The second-order valence-electron chi connectivity index (χ2n) is 6.14. The third-order valence-electron chi connectivity index (χ3n) is 3.91. The zero-order chi connectivity index (χ0) is 20.0. The highest BCUT2D eigenvalue weighted by molar-refractivity contribution is 5.93. The Bertz CT molecular complexity index is 906. The highest BCUT2D eigenvalue weighted by Crippen LogP contribution is 2.17. The van der Waals surface area contributed by atoms with Gasteiger partial charge in [0.15, 0.2) is 5.69 Å². The number of nitrogens with zero attached hydrogens (tertiary/aromatic N) is 1. The zero-order valence-electron chi connectivity index (χ0n) is 14.8. The van der Waals surface area contributed by atoms with Crippen molar-refractivity contribution in [3.8, 4) is 11.3 Å². The fourth-order valence-corrected chi connectivity index (χ4v) is 2.51. The predicted molar refractivity (Wildman–Crippen MR) is 97.3 cm³/mol. The van der Waals surface area contributed by atoms with E-state index in [2.05, 4.69) is 20.3 Å². The van der Waals surface area contributed by atoms with Crippen LogP contribution >= 0.6 is 0 Å². The summed E-state index contributed by atoms with van der Waals surface area (Å²) in [5, 5.41) is 9.62. The quantitative estimate of drug-likeness (QED) is 0.640. The third kappa shape index (κ3) is 5.68. The molecule has 0 fully saturated rings. The van der Waals surface area contributed by atoms with Crippen molar-refractivity contribution in [2.45, 2.75) is 19.3 Å². The Morgan fingerprint density at radius 2 is 1.71 bits per heavy atom. The molecule has 0 radical (unpaired) electrons. The summed E-state index contributed by atoms with van der Waals surface area (Å²) >= 11 is 0. The van der Waals surface area contributed by atoms with Crippen LogP contribution in [-0.2, 0) is 17.9 Å². The van der Waals surface area contributed by atoms with Crippen LogP contribution in [0.15, 0.2) is 60.7 Å². The van der Waals surface area contributed by atoms with E-state index in [1.54, 1.807) is 30.3 Å². The zero-order valence-corrected chi connectivity index (χ0v) is 14.8. The van der Waals surface area contributed by atoms with E-state index in [-0.39, 0.29) is 24.8 Å². The second-order valence-corrected chi connectivity index (χ2v) is 6.14. The van der Waals surface area contributed by atoms with Crippen LogP contribution in [0.4, 0.5) is 13.2 Å². The number of halogens is 3. The molecule has 1 aromatic heterocycles. The molecule has 0 unspecified atom stereocenters. The molecule has 146 valence electrons. The second kappa shape index (κ2) is 8.71. The number of rotatable bonds is 7. The number of hydrogen-bond acceptors (Lipinski definition) is 3. The number of amides is 1. The predicted octanol–water partition coefficient (Wildman–Crippen LogP) is 4.09. The van der Waals surface area contributed by atoms with Gasteiger partial charge in [-0.3, -0.25) is 9.89 Å². The SMILES string of the molecule is O=C(NCc1ccc(COCC(F)(F)F)cc1)c1cc(-c2ccccc2)[nH]n1. The van der Waals surface area contributed by atoms with Crippen LogP contribution in [0.1, 0.15) is 21.6 Å². The molecular weight excluding hydrogens is 371 g/mol. The number of aromatic nitrogens is 2. The standard InChI is InChI=1S/C20H18F3N3O2/c21-20(22,23)13-28-12-15-8-6-14(7-9-15)11-24-19(27)18-10-17(25-26-18)16-4-2-1-3-5-16/h1-10H,11-13H2,(H,24,27)(H,25,26). The minimum absolute atomic E-state index is 0.123. The Morgan fingerprint density at radius 1 is 1.04 bits per heavy atom. The van der Waals surface area contributed by atoms with Gasteiger partial charge in [0.2, 0.25) is 0 Å². The van der Waals surface area contributed by atoms with Crippen molar-refractivity contribution in [1.29, 1.82) is 0 Å². The molecule has 0 aliphatic rings. The summed E-state index contributed by atoms with van der Waals surface area (Å²) in [5.74, 6) is -0.323. The van der Waals surface area contributed by atoms with Gasteiger partial charge in [-0.15, -0.1) is 0 Å². The van der Waals surface area contributed by atoms with Crippen molar-refractivity contribution in [3.63, 3.8) is 0 Å². The van der Waals surface area contributed by atoms with E-state index < -0.39 is 12.8 Å². The molecule has 0 saturated carbocycles. The molecule has 1 heterocycles. The van der Waals surface area contributed by atoms with Crippen LogP contribution in [-0.4, -0.2) is 28.9 Å². The highest BCUT2D eigenvalue weighted by atomic mass is 19.4. The van der Waals surface area contributed by atoms with E-state index in [0.29, 0.717) is 5.56 Å². The molecule has 0 saturated heterocycles. The lowest BCUT2D eigenvalue weighted by Gasteiger charge is -2.08. The Labute approximate surface area is 159 Å². The molecule has 0 aliphatic carbocycles. The summed E-state index contributed by atoms with van der Waals surface area (Å²) in [7, 11) is 0. The van der Waals surface area contributed by atoms with Crippen LogP contribution in [0.5, 0.6) is 0 Å². The molecule has 0 atom stereocenters. The number of ether oxygens (including phenoxy) is 1. The Balaban J connectivity index is 1.50. The number of hydrogen-bond donors (Lipinski definition) is 2. The summed E-state index contributed by atoms with van der Waals surface area (Å²) in [6, 6.07) is 18.0. The molecule has 1 amide bonds. The van der Waals surface area contributed by atoms with Crippen molar-refractivity contribution in [2.75, 3.05) is 6.61 Å². The van der Waals surface area contributed by atoms with E-state index in [9.17, 15) is 18.0 Å². The topological polar surface area (TPSA) is 67.0 Å². The maximum absolute atomic E-state index is 12.2. The number of alkyl halides is 3. The van der Waals surface area contributed by atoms with E-state index in [4.69, 9.17) is 0 Å². The summed E-state index contributed by atoms with van der Waals surface area (Å²) in [6.45, 7) is -1.13. The first-order valence-electron chi connectivity index (χ1n) is 8.52. The summed E-state index contributed by atoms with van der Waals surface area (Å²) < 4.78 is 40.8. The van der Waals surface area contributed by atoms with Crippen molar-refractivity contribution < 1.29 is 22.7 Å². The number of nitrogens with one attached hydrogen (secondary N) is 2. The van der Waals surface area contributed by atoms with Gasteiger partial charge in [0.25, 0.3) is 5.91 Å². The van der Waals surface area contributed by atoms with E-state index >= 15 is 0 Å². The Kier molecular flexibility index (Phi) is 6.10. The normalized spacial score (nSPS) is 11.4. The molecule has 0 bridgehead atoms. The third-order valence-corrected chi connectivity index (χ3v) is 3.91. The van der Waals surface area contributed by atoms with Crippen molar-refractivity contribution >= 4 is 5.91 Å². The van der Waals surface area contributed by atoms with Crippen LogP contribution in [0.25, 0.3) is 11.3 Å². The summed E-state index contributed by atoms with van der Waals surface area (Å²) in [5.41, 5.74) is 3.38. The molecule has 28 heavy (non-hydrogen) atoms. The van der Waals surface area contributed by atoms with Gasteiger partial charge in [-0.2, -0.15) is 18.3 Å². The minimum atomic E-state index is -4.34. The number of carbonyl (C=O) groups excluding carboxylic acids is 1. The van der Waals surface area contributed by atoms with Gasteiger partial charge in [-0.25, -0.2) is 0 Å². The van der Waals surface area contributed by atoms with Crippen LogP contribution in [0.2, 0.25) is 0 Å². The molecule has 2 N–H and O–H groups in total. The smallest absolute Gasteiger partial charge is 0.367 e. The first-order valence-corrected chi connectivity index (χ1v) is 8.52. The van der Waals surface area contributed by atoms with Gasteiger partial charge in [0.05, 0.1) is 12.3 Å². The van der Waals surface area contributed by atoms with Crippen molar-refractivity contribution in [3.05, 3.63) is 77.5 Å². The molecule has 2 aromatic carbocycles. The first-order chi connectivity index (χ1) is 13.4. The van der Waals surface area contributed by atoms with Gasteiger partial charge < -0.3 is 10.1 Å². The van der Waals surface area contributed by atoms with Crippen molar-refractivity contribution in [2.24, 2.45) is 0 Å². The minimum Gasteiger partial charge on any atom is -0.367 e. The lowest BCUT2D eigenvalue weighted by Crippen LogP contribution is -2.23. The monoisotopic (exact) mass is 389 g/mol. The Morgan fingerprint density at radius 3 is 2.39 bits per heavy atom. The van der Waals surface area contributed by atoms with Crippen molar-refractivity contribution in [1.82, 2.24) is 15.5 Å². The maximum atomic E-state index is 12.2. The van der Waals surface area contributed by atoms with E-state index in [1.165, 1.54) is 0 Å². The molecule has 0 spiro atoms. The molecule has 3 aromatic rings. The fourth-order valence-electron chi connectivity index (χ4n) is 2.51. The first kappa shape index (κ1) is 19.6. The maximum Gasteiger partial charge on any atom is 0.411 e. The van der Waals surface area contributed by atoms with E-state index in [0.717, 1.165) is 16.8 Å². The fraction of sp³-hybridized carbons (Fsp3) is 0.200. The largest absolute Gasteiger partial charge is 0.411 e. The molecule has 3 rings (SSSR count).